The number of ether oxygens (including phenoxy) is 1. The molecule has 0 aromatic carbocycles. The van der Waals surface area contributed by atoms with Crippen LogP contribution in [0.5, 0.6) is 0 Å². The van der Waals surface area contributed by atoms with Crippen molar-refractivity contribution in [2.45, 2.75) is 39.0 Å². The summed E-state index contributed by atoms with van der Waals surface area (Å²) in [6, 6.07) is 0. The molecule has 2 aromatic heterocycles. The number of nitrogen functional groups attached to an aromatic ring is 1. The molecule has 2 N–H and O–H groups in total. The van der Waals surface area contributed by atoms with Gasteiger partial charge in [0.1, 0.15) is 5.69 Å². The number of aromatic nitrogens is 5. The molecule has 2 aromatic rings. The highest BCUT2D eigenvalue weighted by molar-refractivity contribution is 5.79. The summed E-state index contributed by atoms with van der Waals surface area (Å²) in [7, 11) is 5.87. The van der Waals surface area contributed by atoms with Crippen LogP contribution >= 0.6 is 0 Å². The molecule has 3 aliphatic rings. The fourth-order valence-corrected chi connectivity index (χ4v) is 6.04. The molecular weight excluding hydrogens is 678 g/mol. The molecule has 0 bridgehead atoms. The number of hydrogen-bond donors (Lipinski definition) is 1. The Morgan fingerprint density at radius 3 is 2.15 bits per heavy atom. The van der Waals surface area contributed by atoms with Crippen molar-refractivity contribution in [3.05, 3.63) is 24.0 Å². The third-order valence-corrected chi connectivity index (χ3v) is 9.10. The maximum absolute atomic E-state index is 13.9. The van der Waals surface area contributed by atoms with E-state index < -0.39 is 12.1 Å². The zero-order chi connectivity index (χ0) is 37.6. The maximum atomic E-state index is 13.9. The van der Waals surface area contributed by atoms with E-state index in [1.165, 1.54) is 6.20 Å². The van der Waals surface area contributed by atoms with E-state index in [4.69, 9.17) is 10.5 Å². The number of amides is 3. The van der Waals surface area contributed by atoms with Crippen molar-refractivity contribution >= 4 is 36.1 Å². The number of alkyl halides is 2. The van der Waals surface area contributed by atoms with Crippen LogP contribution in [0.1, 0.15) is 44.7 Å². The molecular formula is C34H52F2N12O4. The van der Waals surface area contributed by atoms with Gasteiger partial charge in [0.05, 0.1) is 18.8 Å². The van der Waals surface area contributed by atoms with Crippen LogP contribution in [0.4, 0.5) is 26.6 Å². The first kappa shape index (κ1) is 40.2. The molecule has 286 valence electrons. The van der Waals surface area contributed by atoms with Gasteiger partial charge in [-0.25, -0.2) is 18.7 Å². The highest BCUT2D eigenvalue weighted by atomic mass is 19.3. The maximum Gasteiger partial charge on any atom is 0.281 e. The first-order valence-corrected chi connectivity index (χ1v) is 17.7. The Labute approximate surface area is 304 Å². The highest BCUT2D eigenvalue weighted by Gasteiger charge is 2.29. The van der Waals surface area contributed by atoms with Crippen LogP contribution in [-0.2, 0) is 19.1 Å². The number of carbonyl (C=O) groups is 3. The largest absolute Gasteiger partial charge is 0.378 e. The average Bonchev–Trinajstić information content (AvgIpc) is 3.17. The van der Waals surface area contributed by atoms with Crippen molar-refractivity contribution in [2.24, 2.45) is 5.92 Å². The second-order valence-electron chi connectivity index (χ2n) is 13.2. The van der Waals surface area contributed by atoms with Gasteiger partial charge in [-0.05, 0) is 40.3 Å². The van der Waals surface area contributed by atoms with E-state index in [1.807, 2.05) is 16.7 Å². The fraction of sp³-hybridized carbons (Fsp3) is 0.647. The fourth-order valence-electron chi connectivity index (χ4n) is 6.04. The van der Waals surface area contributed by atoms with Crippen molar-refractivity contribution in [3.8, 4) is 11.4 Å². The Morgan fingerprint density at radius 1 is 0.962 bits per heavy atom. The standard InChI is InChI=1S/C28H39F2N11O4.C6H13N/c1-37(25(44)19-4-7-38(18-42)8-5-19)6-2-3-21(43)39-9-11-40(12-10-39)27-34-24(20-17-32-26(31)33-22(20)23(29)30)35-28(36-27)41-13-15-45-16-14-41;1-4-5-6-7(2)3/h17-19,23H,2-16H2,1H3,(H2,31,32,33);4-5H,6H2,1-3H3/b;5-4+. The van der Waals surface area contributed by atoms with Crippen molar-refractivity contribution in [1.82, 2.24) is 44.5 Å². The van der Waals surface area contributed by atoms with Crippen molar-refractivity contribution in [3.63, 3.8) is 0 Å². The Bertz CT molecular complexity index is 1490. The van der Waals surface area contributed by atoms with Gasteiger partial charge in [0.2, 0.25) is 36.1 Å². The Morgan fingerprint density at radius 2 is 1.60 bits per heavy atom. The molecule has 18 heteroatoms. The summed E-state index contributed by atoms with van der Waals surface area (Å²) in [5.41, 5.74) is 4.99. The Hall–Kier alpha value is -4.58. The highest BCUT2D eigenvalue weighted by Crippen LogP contribution is 2.30. The molecule has 0 atom stereocenters. The number of carbonyl (C=O) groups excluding carboxylic acids is 3. The third-order valence-electron chi connectivity index (χ3n) is 9.10. The second kappa shape index (κ2) is 19.9. The minimum atomic E-state index is -2.91. The van der Waals surface area contributed by atoms with Crippen LogP contribution < -0.4 is 15.5 Å². The average molecular weight is 731 g/mol. The van der Waals surface area contributed by atoms with Crippen LogP contribution in [0, 0.1) is 5.92 Å². The molecule has 52 heavy (non-hydrogen) atoms. The van der Waals surface area contributed by atoms with E-state index >= 15 is 0 Å². The molecule has 0 aliphatic carbocycles. The van der Waals surface area contributed by atoms with Gasteiger partial charge in [-0.3, -0.25) is 14.4 Å². The number of piperazine rings is 1. The van der Waals surface area contributed by atoms with Gasteiger partial charge < -0.3 is 39.9 Å². The predicted octanol–water partition coefficient (Wildman–Crippen LogP) is 1.56. The van der Waals surface area contributed by atoms with Gasteiger partial charge in [0.25, 0.3) is 6.43 Å². The zero-order valence-electron chi connectivity index (χ0n) is 30.7. The summed E-state index contributed by atoms with van der Waals surface area (Å²) < 4.78 is 33.2. The van der Waals surface area contributed by atoms with E-state index in [0.29, 0.717) is 110 Å². The van der Waals surface area contributed by atoms with Crippen LogP contribution in [0.2, 0.25) is 0 Å². The summed E-state index contributed by atoms with van der Waals surface area (Å²) in [5, 5.41) is 0. The number of likely N-dealkylation sites (N-methyl/N-ethyl adjacent to an activating group) is 1. The summed E-state index contributed by atoms with van der Waals surface area (Å²) in [6.07, 6.45) is 5.46. The van der Waals surface area contributed by atoms with E-state index in [2.05, 4.69) is 56.1 Å². The van der Waals surface area contributed by atoms with Gasteiger partial charge >= 0.3 is 0 Å². The number of rotatable bonds is 12. The minimum absolute atomic E-state index is 0.000676. The van der Waals surface area contributed by atoms with Gasteiger partial charge in [-0.15, -0.1) is 0 Å². The topological polar surface area (TPSA) is 170 Å². The van der Waals surface area contributed by atoms with Crippen LogP contribution in [0.3, 0.4) is 0 Å². The molecule has 3 fully saturated rings. The number of halogens is 2. The first-order chi connectivity index (χ1) is 25.0. The Balaban J connectivity index is 0.000000785. The number of allylic oxidation sites excluding steroid dienone is 1. The number of nitrogens with two attached hydrogens (primary N) is 1. The summed E-state index contributed by atoms with van der Waals surface area (Å²) in [5.74, 6) is 0.354. The van der Waals surface area contributed by atoms with E-state index in [-0.39, 0.29) is 35.1 Å². The summed E-state index contributed by atoms with van der Waals surface area (Å²) in [4.78, 5) is 69.1. The van der Waals surface area contributed by atoms with Gasteiger partial charge in [-0.2, -0.15) is 15.0 Å². The monoisotopic (exact) mass is 730 g/mol. The number of anilines is 3. The lowest BCUT2D eigenvalue weighted by Crippen LogP contribution is -2.49. The quantitative estimate of drug-likeness (QED) is 0.247. The second-order valence-corrected chi connectivity index (χ2v) is 13.2. The smallest absolute Gasteiger partial charge is 0.281 e. The molecule has 5 heterocycles. The number of piperidine rings is 1. The lowest BCUT2D eigenvalue weighted by Gasteiger charge is -2.35. The predicted molar refractivity (Wildman–Crippen MR) is 193 cm³/mol. The minimum Gasteiger partial charge on any atom is -0.378 e. The summed E-state index contributed by atoms with van der Waals surface area (Å²) >= 11 is 0. The van der Waals surface area contributed by atoms with Gasteiger partial charge in [0, 0.05) is 91.0 Å². The molecule has 3 saturated heterocycles. The first-order valence-electron chi connectivity index (χ1n) is 17.7. The molecule has 0 unspecified atom stereocenters. The molecule has 3 amide bonds. The van der Waals surface area contributed by atoms with Crippen LogP contribution in [-0.4, -0.2) is 163 Å². The molecule has 3 aliphatic heterocycles. The van der Waals surface area contributed by atoms with Crippen molar-refractivity contribution in [2.75, 3.05) is 115 Å². The molecule has 5 rings (SSSR count). The van der Waals surface area contributed by atoms with Crippen molar-refractivity contribution in [1.29, 1.82) is 0 Å². The lowest BCUT2D eigenvalue weighted by molar-refractivity contribution is -0.137. The SMILES string of the molecule is C/C=C/CN(C)C.CN(CCCC(=O)N1CCN(c2nc(-c3cnc(N)nc3C(F)F)nc(N3CCOCC3)n2)CC1)C(=O)C1CCN(C=O)CC1. The third kappa shape index (κ3) is 11.5. The van der Waals surface area contributed by atoms with Gasteiger partial charge in [-0.1, -0.05) is 12.2 Å². The van der Waals surface area contributed by atoms with Crippen molar-refractivity contribution < 1.29 is 27.9 Å². The van der Waals surface area contributed by atoms with E-state index in [9.17, 15) is 23.2 Å². The lowest BCUT2D eigenvalue weighted by atomic mass is 9.95. The Kier molecular flexibility index (Phi) is 15.4. The van der Waals surface area contributed by atoms with Crippen LogP contribution in [0.25, 0.3) is 11.4 Å². The normalized spacial score (nSPS) is 17.1. The zero-order valence-corrected chi connectivity index (χ0v) is 30.7. The molecule has 0 saturated carbocycles. The van der Waals surface area contributed by atoms with E-state index in [1.54, 1.807) is 21.7 Å². The molecule has 0 radical (unpaired) electrons. The van der Waals surface area contributed by atoms with Gasteiger partial charge in [0.15, 0.2) is 5.82 Å². The number of likely N-dealkylation sites (tertiary alicyclic amines) is 1. The van der Waals surface area contributed by atoms with E-state index in [0.717, 1.165) is 13.0 Å². The molecule has 16 nitrogen and oxygen atoms in total. The number of morpholine rings is 1. The summed E-state index contributed by atoms with van der Waals surface area (Å²) in [6.45, 7) is 8.52. The number of hydrogen-bond acceptors (Lipinski definition) is 13. The molecule has 0 spiro atoms. The van der Waals surface area contributed by atoms with Crippen LogP contribution in [0.15, 0.2) is 18.3 Å². The number of nitrogens with zero attached hydrogens (tertiary/aromatic N) is 11.